The van der Waals surface area contributed by atoms with Gasteiger partial charge in [0.1, 0.15) is 0 Å². The Hall–Kier alpha value is -0.570. The minimum atomic E-state index is -0.446. The summed E-state index contributed by atoms with van der Waals surface area (Å²) >= 11 is 0. The normalized spacial score (nSPS) is 40.5. The van der Waals surface area contributed by atoms with Gasteiger partial charge in [-0.2, -0.15) is 0 Å². The van der Waals surface area contributed by atoms with Gasteiger partial charge in [-0.1, -0.05) is 0 Å². The molecule has 0 spiro atoms. The molecule has 4 aliphatic rings. The van der Waals surface area contributed by atoms with Gasteiger partial charge < -0.3 is 10.2 Å². The first-order chi connectivity index (χ1) is 8.86. The van der Waals surface area contributed by atoms with E-state index in [1.807, 2.05) is 20.9 Å². The predicted octanol–water partition coefficient (Wildman–Crippen LogP) is 2.41. The van der Waals surface area contributed by atoms with Crippen LogP contribution in [0.4, 0.5) is 0 Å². The first-order valence-corrected chi connectivity index (χ1v) is 7.83. The average Bonchev–Trinajstić information content (AvgIpc) is 2.35. The molecule has 3 heteroatoms. The smallest absolute Gasteiger partial charge is 0.242 e. The molecule has 0 atom stereocenters. The van der Waals surface area contributed by atoms with E-state index < -0.39 is 5.54 Å². The highest BCUT2D eigenvalue weighted by Gasteiger charge is 2.54. The van der Waals surface area contributed by atoms with Crippen molar-refractivity contribution in [3.63, 3.8) is 0 Å². The quantitative estimate of drug-likeness (QED) is 0.849. The van der Waals surface area contributed by atoms with Crippen molar-refractivity contribution in [1.82, 2.24) is 10.2 Å². The Kier molecular flexibility index (Phi) is 2.97. The van der Waals surface area contributed by atoms with Gasteiger partial charge in [0.05, 0.1) is 5.54 Å². The minimum Gasteiger partial charge on any atom is -0.338 e. The van der Waals surface area contributed by atoms with E-state index in [0.717, 1.165) is 17.8 Å². The third-order valence-corrected chi connectivity index (χ3v) is 6.18. The molecular weight excluding hydrogens is 236 g/mol. The lowest BCUT2D eigenvalue weighted by molar-refractivity contribution is -0.153. The van der Waals surface area contributed by atoms with Crippen molar-refractivity contribution in [2.75, 3.05) is 14.1 Å². The summed E-state index contributed by atoms with van der Waals surface area (Å²) in [4.78, 5) is 14.9. The second-order valence-corrected chi connectivity index (χ2v) is 7.88. The molecule has 0 aromatic heterocycles. The molecular formula is C16H28N2O. The molecule has 0 saturated heterocycles. The topological polar surface area (TPSA) is 32.3 Å². The fraction of sp³-hybridized carbons (Fsp3) is 0.938. The Morgan fingerprint density at radius 2 is 1.53 bits per heavy atom. The molecule has 1 N–H and O–H groups in total. The molecule has 4 aliphatic carbocycles. The summed E-state index contributed by atoms with van der Waals surface area (Å²) in [7, 11) is 3.93. The molecule has 0 aliphatic heterocycles. The van der Waals surface area contributed by atoms with E-state index in [1.54, 1.807) is 0 Å². The Morgan fingerprint density at radius 3 is 1.89 bits per heavy atom. The van der Waals surface area contributed by atoms with Gasteiger partial charge in [0.15, 0.2) is 0 Å². The summed E-state index contributed by atoms with van der Waals surface area (Å²) in [5, 5.41) is 3.16. The van der Waals surface area contributed by atoms with Crippen LogP contribution in [0.2, 0.25) is 0 Å². The molecule has 4 rings (SSSR count). The molecule has 0 aromatic rings. The van der Waals surface area contributed by atoms with E-state index >= 15 is 0 Å². The van der Waals surface area contributed by atoms with Gasteiger partial charge in [-0.25, -0.2) is 0 Å². The maximum Gasteiger partial charge on any atom is 0.242 e. The van der Waals surface area contributed by atoms with Crippen molar-refractivity contribution >= 4 is 5.91 Å². The molecule has 0 heterocycles. The first kappa shape index (κ1) is 13.4. The number of hydrogen-bond acceptors (Lipinski definition) is 2. The molecule has 108 valence electrons. The molecule has 1 amide bonds. The van der Waals surface area contributed by atoms with Crippen LogP contribution in [0.3, 0.4) is 0 Å². The summed E-state index contributed by atoms with van der Waals surface area (Å²) in [5.74, 6) is 2.93. The van der Waals surface area contributed by atoms with Crippen LogP contribution in [0, 0.1) is 17.8 Å². The Labute approximate surface area is 117 Å². The lowest BCUT2D eigenvalue weighted by atomic mass is 9.52. The largest absolute Gasteiger partial charge is 0.338 e. The summed E-state index contributed by atoms with van der Waals surface area (Å²) < 4.78 is 0. The number of hydrogen-bond donors (Lipinski definition) is 1. The van der Waals surface area contributed by atoms with Gasteiger partial charge in [-0.05, 0) is 77.2 Å². The number of amides is 1. The monoisotopic (exact) mass is 264 g/mol. The second kappa shape index (κ2) is 4.21. The van der Waals surface area contributed by atoms with Crippen LogP contribution in [-0.4, -0.2) is 36.0 Å². The Bertz CT molecular complexity index is 353. The van der Waals surface area contributed by atoms with Gasteiger partial charge >= 0.3 is 0 Å². The highest BCUT2D eigenvalue weighted by atomic mass is 16.2. The SMILES string of the molecule is CNC(C)(C)C(=O)N(C)C12CC3CC(CC(C3)C1)C2. The average molecular weight is 264 g/mol. The highest BCUT2D eigenvalue weighted by Crippen LogP contribution is 2.57. The molecule has 0 unspecified atom stereocenters. The van der Waals surface area contributed by atoms with E-state index in [4.69, 9.17) is 0 Å². The summed E-state index contributed by atoms with van der Waals surface area (Å²) in [5.41, 5.74) is -0.266. The summed E-state index contributed by atoms with van der Waals surface area (Å²) in [6, 6.07) is 0. The Morgan fingerprint density at radius 1 is 1.11 bits per heavy atom. The van der Waals surface area contributed by atoms with Gasteiger partial charge in [-0.15, -0.1) is 0 Å². The zero-order valence-electron chi connectivity index (χ0n) is 12.8. The van der Waals surface area contributed by atoms with Crippen LogP contribution >= 0.6 is 0 Å². The summed E-state index contributed by atoms with van der Waals surface area (Å²) in [6.45, 7) is 3.98. The van der Waals surface area contributed by atoms with E-state index in [2.05, 4.69) is 17.3 Å². The third kappa shape index (κ3) is 2.01. The zero-order valence-corrected chi connectivity index (χ0v) is 12.8. The molecule has 0 aromatic carbocycles. The van der Waals surface area contributed by atoms with Crippen molar-refractivity contribution in [2.24, 2.45) is 17.8 Å². The standard InChI is InChI=1S/C16H28N2O/c1-15(2,17-3)14(19)18(4)16-8-11-5-12(9-16)7-13(6-11)10-16/h11-13,17H,5-10H2,1-4H3. The van der Waals surface area contributed by atoms with Crippen LogP contribution in [0.25, 0.3) is 0 Å². The van der Waals surface area contributed by atoms with Gasteiger partial charge in [0.2, 0.25) is 5.91 Å². The molecule has 4 bridgehead atoms. The van der Waals surface area contributed by atoms with Crippen molar-refractivity contribution in [3.05, 3.63) is 0 Å². The van der Waals surface area contributed by atoms with Crippen LogP contribution < -0.4 is 5.32 Å². The minimum absolute atomic E-state index is 0.181. The van der Waals surface area contributed by atoms with Crippen molar-refractivity contribution in [3.8, 4) is 0 Å². The predicted molar refractivity (Wildman–Crippen MR) is 76.8 cm³/mol. The van der Waals surface area contributed by atoms with Gasteiger partial charge in [0, 0.05) is 12.6 Å². The fourth-order valence-corrected chi connectivity index (χ4v) is 5.22. The van der Waals surface area contributed by atoms with Crippen LogP contribution in [0.15, 0.2) is 0 Å². The van der Waals surface area contributed by atoms with E-state index in [-0.39, 0.29) is 11.4 Å². The number of nitrogens with one attached hydrogen (secondary N) is 1. The molecule has 4 saturated carbocycles. The maximum absolute atomic E-state index is 12.8. The number of likely N-dealkylation sites (N-methyl/N-ethyl adjacent to an activating group) is 2. The van der Waals surface area contributed by atoms with Crippen molar-refractivity contribution in [1.29, 1.82) is 0 Å². The van der Waals surface area contributed by atoms with E-state index in [0.29, 0.717) is 0 Å². The van der Waals surface area contributed by atoms with Crippen LogP contribution in [0.5, 0.6) is 0 Å². The molecule has 4 fully saturated rings. The number of rotatable bonds is 3. The molecule has 3 nitrogen and oxygen atoms in total. The fourth-order valence-electron chi connectivity index (χ4n) is 5.22. The van der Waals surface area contributed by atoms with E-state index in [9.17, 15) is 4.79 Å². The highest BCUT2D eigenvalue weighted by molar-refractivity contribution is 5.86. The lowest BCUT2D eigenvalue weighted by Gasteiger charge is -2.60. The van der Waals surface area contributed by atoms with Gasteiger partial charge in [0.25, 0.3) is 0 Å². The van der Waals surface area contributed by atoms with Crippen LogP contribution in [0.1, 0.15) is 52.4 Å². The third-order valence-electron chi connectivity index (χ3n) is 6.18. The maximum atomic E-state index is 12.8. The van der Waals surface area contributed by atoms with E-state index in [1.165, 1.54) is 38.5 Å². The van der Waals surface area contributed by atoms with Crippen molar-refractivity contribution in [2.45, 2.75) is 63.5 Å². The zero-order chi connectivity index (χ0) is 13.8. The number of carbonyl (C=O) groups excluding carboxylic acids is 1. The second-order valence-electron chi connectivity index (χ2n) is 7.88. The molecule has 0 radical (unpaired) electrons. The van der Waals surface area contributed by atoms with Crippen molar-refractivity contribution < 1.29 is 4.79 Å². The van der Waals surface area contributed by atoms with Gasteiger partial charge in [-0.3, -0.25) is 4.79 Å². The lowest BCUT2D eigenvalue weighted by Crippen LogP contribution is -2.64. The molecule has 19 heavy (non-hydrogen) atoms. The summed E-state index contributed by atoms with van der Waals surface area (Å²) in [6.07, 6.45) is 8.03. The van der Waals surface area contributed by atoms with Crippen LogP contribution in [-0.2, 0) is 4.79 Å². The number of nitrogens with zero attached hydrogens (tertiary/aromatic N) is 1. The number of carbonyl (C=O) groups is 1. The Balaban J connectivity index is 1.83. The first-order valence-electron chi connectivity index (χ1n) is 7.83.